The molecule has 0 saturated heterocycles. The van der Waals surface area contributed by atoms with Gasteiger partial charge in [0, 0.05) is 16.9 Å². The van der Waals surface area contributed by atoms with Crippen LogP contribution in [0.15, 0.2) is 66.7 Å². The van der Waals surface area contributed by atoms with Crippen molar-refractivity contribution in [1.29, 1.82) is 0 Å². The molecule has 0 atom stereocenters. The summed E-state index contributed by atoms with van der Waals surface area (Å²) in [6.45, 7) is 0. The van der Waals surface area contributed by atoms with E-state index in [1.165, 1.54) is 25.3 Å². The number of para-hydroxylation sites is 1. The number of anilines is 3. The van der Waals surface area contributed by atoms with Crippen LogP contribution in [0, 0.1) is 0 Å². The van der Waals surface area contributed by atoms with Crippen LogP contribution in [0.2, 0.25) is 0 Å². The third-order valence-electron chi connectivity index (χ3n) is 4.73. The van der Waals surface area contributed by atoms with E-state index in [-0.39, 0.29) is 23.1 Å². The van der Waals surface area contributed by atoms with Gasteiger partial charge in [-0.3, -0.25) is 4.79 Å². The van der Waals surface area contributed by atoms with Crippen LogP contribution in [-0.2, 0) is 12.4 Å². The number of methoxy groups -OCH3 is 1. The molecule has 36 heavy (non-hydrogen) atoms. The van der Waals surface area contributed by atoms with E-state index >= 15 is 0 Å². The molecule has 0 heterocycles. The maximum Gasteiger partial charge on any atom is 0.416 e. The van der Waals surface area contributed by atoms with Crippen LogP contribution in [0.5, 0.6) is 5.75 Å². The molecule has 0 unspecified atom stereocenters. The number of hydrogen-bond acceptors (Lipinski definition) is 4. The quantitative estimate of drug-likeness (QED) is 0.250. The second-order valence-electron chi connectivity index (χ2n) is 7.24. The Hall–Kier alpha value is -3.87. The fourth-order valence-electron chi connectivity index (χ4n) is 3.03. The molecular weight excluding hydrogens is 512 g/mol. The van der Waals surface area contributed by atoms with E-state index in [1.807, 2.05) is 5.32 Å². The second kappa shape index (κ2) is 10.4. The SMILES string of the molecule is COc1ccc(C(=O)Nc2ccccc2)cc1N(S)C(=O)Nc1cc(C(F)(F)F)cc(C(F)(F)F)c1. The molecule has 0 bridgehead atoms. The van der Waals surface area contributed by atoms with Gasteiger partial charge in [-0.2, -0.15) is 26.3 Å². The molecule has 0 saturated carbocycles. The number of rotatable bonds is 5. The summed E-state index contributed by atoms with van der Waals surface area (Å²) in [5, 5.41) is 4.59. The number of halogens is 6. The molecule has 0 radical (unpaired) electrons. The number of carbonyl (C=O) groups excluding carboxylic acids is 2. The first kappa shape index (κ1) is 26.7. The maximum atomic E-state index is 13.1. The summed E-state index contributed by atoms with van der Waals surface area (Å²) < 4.78 is 84.4. The van der Waals surface area contributed by atoms with Crippen molar-refractivity contribution in [1.82, 2.24) is 0 Å². The van der Waals surface area contributed by atoms with Crippen LogP contribution in [0.4, 0.5) is 48.2 Å². The summed E-state index contributed by atoms with van der Waals surface area (Å²) in [6.07, 6.45) is -10.2. The van der Waals surface area contributed by atoms with Crippen LogP contribution in [0.3, 0.4) is 0 Å². The molecule has 0 spiro atoms. The lowest BCUT2D eigenvalue weighted by molar-refractivity contribution is -0.143. The first-order valence-corrected chi connectivity index (χ1v) is 10.3. The lowest BCUT2D eigenvalue weighted by Gasteiger charge is -2.21. The van der Waals surface area contributed by atoms with E-state index in [4.69, 9.17) is 4.74 Å². The summed E-state index contributed by atoms with van der Waals surface area (Å²) in [4.78, 5) is 25.3. The molecule has 3 aromatic carbocycles. The van der Waals surface area contributed by atoms with Gasteiger partial charge in [0.05, 0.1) is 23.9 Å². The van der Waals surface area contributed by atoms with E-state index in [2.05, 4.69) is 18.1 Å². The molecular formula is C23H17F6N3O3S. The minimum Gasteiger partial charge on any atom is -0.495 e. The maximum absolute atomic E-state index is 13.1. The van der Waals surface area contributed by atoms with Gasteiger partial charge in [0.1, 0.15) is 5.75 Å². The highest BCUT2D eigenvalue weighted by molar-refractivity contribution is 7.82. The third kappa shape index (κ3) is 6.42. The van der Waals surface area contributed by atoms with Gasteiger partial charge in [-0.15, -0.1) is 0 Å². The van der Waals surface area contributed by atoms with Gasteiger partial charge in [0.15, 0.2) is 0 Å². The average Bonchev–Trinajstić information content (AvgIpc) is 2.82. The van der Waals surface area contributed by atoms with Crippen molar-refractivity contribution in [3.05, 3.63) is 83.4 Å². The van der Waals surface area contributed by atoms with Gasteiger partial charge in [-0.05, 0) is 48.5 Å². The number of nitrogens with zero attached hydrogens (tertiary/aromatic N) is 1. The van der Waals surface area contributed by atoms with Gasteiger partial charge < -0.3 is 15.4 Å². The van der Waals surface area contributed by atoms with Crippen LogP contribution < -0.4 is 19.7 Å². The Bertz CT molecular complexity index is 1230. The molecule has 3 rings (SSSR count). The Balaban J connectivity index is 1.89. The van der Waals surface area contributed by atoms with E-state index in [0.717, 1.165) is 0 Å². The Morgan fingerprint density at radius 1 is 0.806 bits per heavy atom. The standard InChI is InChI=1S/C23H17F6N3O3S/c1-35-19-8-7-13(20(33)30-16-5-3-2-4-6-16)9-18(19)32(36)21(34)31-17-11-14(22(24,25)26)10-15(12-17)23(27,28)29/h2-12,36H,1H3,(H,30,33)(H,31,34). The fourth-order valence-corrected chi connectivity index (χ4v) is 3.24. The van der Waals surface area contributed by atoms with Crippen LogP contribution in [0.1, 0.15) is 21.5 Å². The Morgan fingerprint density at radius 2 is 1.39 bits per heavy atom. The largest absolute Gasteiger partial charge is 0.495 e. The van der Waals surface area contributed by atoms with Crippen molar-refractivity contribution in [3.8, 4) is 5.75 Å². The van der Waals surface area contributed by atoms with Crippen molar-refractivity contribution >= 4 is 41.8 Å². The Labute approximate surface area is 206 Å². The average molecular weight is 529 g/mol. The molecule has 0 fully saturated rings. The topological polar surface area (TPSA) is 70.7 Å². The molecule has 0 aromatic heterocycles. The molecule has 2 N–H and O–H groups in total. The number of alkyl halides is 6. The molecule has 3 amide bonds. The Kier molecular flexibility index (Phi) is 7.72. The summed E-state index contributed by atoms with van der Waals surface area (Å²) in [5.41, 5.74) is -3.50. The molecule has 6 nitrogen and oxygen atoms in total. The highest BCUT2D eigenvalue weighted by Crippen LogP contribution is 2.38. The lowest BCUT2D eigenvalue weighted by Crippen LogP contribution is -2.28. The fraction of sp³-hybridized carbons (Fsp3) is 0.130. The first-order valence-electron chi connectivity index (χ1n) is 9.93. The minimum atomic E-state index is -5.09. The smallest absolute Gasteiger partial charge is 0.416 e. The third-order valence-corrected chi connectivity index (χ3v) is 5.13. The minimum absolute atomic E-state index is 0.0523. The van der Waals surface area contributed by atoms with Crippen molar-refractivity contribution in [2.75, 3.05) is 22.0 Å². The number of thiol groups is 1. The molecule has 0 aliphatic carbocycles. The molecule has 0 aliphatic rings. The number of urea groups is 1. The molecule has 190 valence electrons. The second-order valence-corrected chi connectivity index (χ2v) is 7.64. The zero-order chi connectivity index (χ0) is 26.7. The van der Waals surface area contributed by atoms with E-state index in [1.54, 1.807) is 30.3 Å². The molecule has 0 aliphatic heterocycles. The molecule has 3 aromatic rings. The summed E-state index contributed by atoms with van der Waals surface area (Å²) in [6, 6.07) is 11.8. The van der Waals surface area contributed by atoms with Gasteiger partial charge in [-0.1, -0.05) is 31.0 Å². The van der Waals surface area contributed by atoms with Gasteiger partial charge in [0.25, 0.3) is 5.91 Å². The number of carbonyl (C=O) groups is 2. The van der Waals surface area contributed by atoms with Gasteiger partial charge >= 0.3 is 18.4 Å². The van der Waals surface area contributed by atoms with E-state index in [9.17, 15) is 35.9 Å². The zero-order valence-electron chi connectivity index (χ0n) is 18.2. The van der Waals surface area contributed by atoms with Crippen molar-refractivity contribution in [3.63, 3.8) is 0 Å². The Morgan fingerprint density at radius 3 is 1.92 bits per heavy atom. The predicted octanol–water partition coefficient (Wildman–Crippen LogP) is 6.87. The first-order chi connectivity index (χ1) is 16.8. The van der Waals surface area contributed by atoms with Crippen LogP contribution >= 0.6 is 12.8 Å². The van der Waals surface area contributed by atoms with Crippen molar-refractivity contribution < 1.29 is 40.7 Å². The highest BCUT2D eigenvalue weighted by atomic mass is 32.1. The number of benzene rings is 3. The lowest BCUT2D eigenvalue weighted by atomic mass is 10.1. The van der Waals surface area contributed by atoms with Crippen LogP contribution in [0.25, 0.3) is 0 Å². The molecule has 13 heteroatoms. The monoisotopic (exact) mass is 529 g/mol. The zero-order valence-corrected chi connectivity index (χ0v) is 19.1. The van der Waals surface area contributed by atoms with Crippen LogP contribution in [-0.4, -0.2) is 19.0 Å². The van der Waals surface area contributed by atoms with Gasteiger partial charge in [0.2, 0.25) is 0 Å². The summed E-state index contributed by atoms with van der Waals surface area (Å²) >= 11 is 4.01. The van der Waals surface area contributed by atoms with Crippen molar-refractivity contribution in [2.45, 2.75) is 12.4 Å². The number of nitrogens with one attached hydrogen (secondary N) is 2. The number of ether oxygens (including phenoxy) is 1. The predicted molar refractivity (Wildman–Crippen MR) is 124 cm³/mol. The highest BCUT2D eigenvalue weighted by Gasteiger charge is 2.37. The van der Waals surface area contributed by atoms with E-state index in [0.29, 0.717) is 22.1 Å². The summed E-state index contributed by atoms with van der Waals surface area (Å²) in [5.74, 6) is -0.503. The normalized spacial score (nSPS) is 11.6. The van der Waals surface area contributed by atoms with Gasteiger partial charge in [-0.25, -0.2) is 9.10 Å². The van der Waals surface area contributed by atoms with Crippen molar-refractivity contribution in [2.24, 2.45) is 0 Å². The number of hydrogen-bond donors (Lipinski definition) is 3. The van der Waals surface area contributed by atoms with E-state index < -0.39 is 41.1 Å². The summed E-state index contributed by atoms with van der Waals surface area (Å²) in [7, 11) is 1.25. The number of amides is 3.